The SMILES string of the molecule is C.CC1(C)c2ccccc2-c2ccc(N(c3ccc4c(c3)C(C)(C)c3cccc(-c5ccc(-c6ccccc6)cc5)c3-4)c3ccccc3-c3ccccc3)cc21.[HH]. The maximum Gasteiger partial charge on any atom is 0.0540 e. The molecule has 0 amide bonds. The predicted molar refractivity (Wildman–Crippen MR) is 241 cm³/mol. The summed E-state index contributed by atoms with van der Waals surface area (Å²) in [6.45, 7) is 9.51. The van der Waals surface area contributed by atoms with Gasteiger partial charge in [0.2, 0.25) is 0 Å². The van der Waals surface area contributed by atoms with E-state index < -0.39 is 0 Å². The number of fused-ring (bicyclic) bond motifs is 6. The van der Waals surface area contributed by atoms with Crippen molar-refractivity contribution < 1.29 is 1.43 Å². The summed E-state index contributed by atoms with van der Waals surface area (Å²) in [5.41, 5.74) is 21.4. The normalized spacial score (nSPS) is 13.9. The van der Waals surface area contributed by atoms with Crippen LogP contribution in [0.4, 0.5) is 17.1 Å². The Morgan fingerprint density at radius 2 is 0.786 bits per heavy atom. The molecule has 0 saturated heterocycles. The Labute approximate surface area is 334 Å². The van der Waals surface area contributed by atoms with Crippen LogP contribution in [0.3, 0.4) is 0 Å². The highest BCUT2D eigenvalue weighted by atomic mass is 15.1. The zero-order valence-electron chi connectivity index (χ0n) is 31.8. The molecule has 1 nitrogen and oxygen atoms in total. The summed E-state index contributed by atoms with van der Waals surface area (Å²) in [6.07, 6.45) is 0. The Morgan fingerprint density at radius 1 is 0.339 bits per heavy atom. The monoisotopic (exact) mass is 723 g/mol. The molecule has 8 aromatic rings. The van der Waals surface area contributed by atoms with Crippen molar-refractivity contribution in [2.75, 3.05) is 4.90 Å². The van der Waals surface area contributed by atoms with Crippen molar-refractivity contribution in [3.63, 3.8) is 0 Å². The van der Waals surface area contributed by atoms with Gasteiger partial charge in [-0.05, 0) is 103 Å². The molecule has 0 saturated carbocycles. The molecule has 0 bridgehead atoms. The van der Waals surface area contributed by atoms with Gasteiger partial charge in [-0.25, -0.2) is 0 Å². The van der Waals surface area contributed by atoms with Crippen LogP contribution in [0.25, 0.3) is 55.6 Å². The van der Waals surface area contributed by atoms with Gasteiger partial charge in [-0.15, -0.1) is 0 Å². The maximum atomic E-state index is 2.49. The number of hydrogen-bond donors (Lipinski definition) is 0. The maximum absolute atomic E-state index is 2.49. The van der Waals surface area contributed by atoms with Gasteiger partial charge in [0.05, 0.1) is 5.69 Å². The molecule has 0 spiro atoms. The van der Waals surface area contributed by atoms with Crippen molar-refractivity contribution in [1.82, 2.24) is 0 Å². The summed E-state index contributed by atoms with van der Waals surface area (Å²) in [5.74, 6) is 0. The number of hydrogen-bond acceptors (Lipinski definition) is 1. The molecule has 1 heteroatoms. The standard InChI is InChI=1S/C54H43N.CH4.H2/c1-53(2)47-23-13-11-21-44(47)45-32-30-40(34-49(45)53)55(51-25-14-12-20-42(51)38-18-9-6-10-19-38)41-31-33-46-50(35-41)54(3,4)48-24-15-22-43(52(46)48)39-28-26-37(27-29-39)36-16-7-5-8-17-36;;/h5-35H,1-4H3;1H4;1H. The van der Waals surface area contributed by atoms with Crippen molar-refractivity contribution in [2.24, 2.45) is 0 Å². The van der Waals surface area contributed by atoms with Crippen molar-refractivity contribution >= 4 is 17.1 Å². The molecule has 56 heavy (non-hydrogen) atoms. The largest absolute Gasteiger partial charge is 0.310 e. The molecule has 0 heterocycles. The summed E-state index contributed by atoms with van der Waals surface area (Å²) >= 11 is 0. The summed E-state index contributed by atoms with van der Waals surface area (Å²) in [4.78, 5) is 2.49. The second-order valence-corrected chi connectivity index (χ2v) is 16.1. The van der Waals surface area contributed by atoms with Crippen LogP contribution in [-0.2, 0) is 10.8 Å². The fraction of sp³-hybridized carbons (Fsp3) is 0.127. The Balaban J connectivity index is 0.00000228. The second kappa shape index (κ2) is 13.4. The van der Waals surface area contributed by atoms with E-state index in [2.05, 4.69) is 221 Å². The fourth-order valence-electron chi connectivity index (χ4n) is 9.42. The zero-order valence-corrected chi connectivity index (χ0v) is 31.8. The Hall–Kier alpha value is -6.44. The first-order valence-electron chi connectivity index (χ1n) is 19.4. The van der Waals surface area contributed by atoms with E-state index in [1.165, 1.54) is 77.9 Å². The smallest absolute Gasteiger partial charge is 0.0540 e. The van der Waals surface area contributed by atoms with Crippen molar-refractivity contribution in [3.05, 3.63) is 210 Å². The van der Waals surface area contributed by atoms with Crippen LogP contribution in [0.2, 0.25) is 0 Å². The lowest BCUT2D eigenvalue weighted by Crippen LogP contribution is -2.18. The highest BCUT2D eigenvalue weighted by molar-refractivity contribution is 5.96. The van der Waals surface area contributed by atoms with E-state index in [4.69, 9.17) is 0 Å². The molecular weight excluding hydrogens is 675 g/mol. The van der Waals surface area contributed by atoms with Gasteiger partial charge in [-0.2, -0.15) is 0 Å². The molecule has 0 radical (unpaired) electrons. The molecule has 0 aliphatic heterocycles. The van der Waals surface area contributed by atoms with Gasteiger partial charge in [0.1, 0.15) is 0 Å². The van der Waals surface area contributed by atoms with E-state index in [0.29, 0.717) is 0 Å². The first kappa shape index (κ1) is 35.3. The van der Waals surface area contributed by atoms with Crippen LogP contribution in [0.1, 0.15) is 58.8 Å². The molecule has 0 unspecified atom stereocenters. The van der Waals surface area contributed by atoms with Gasteiger partial charge < -0.3 is 4.90 Å². The van der Waals surface area contributed by atoms with Gasteiger partial charge in [0.25, 0.3) is 0 Å². The van der Waals surface area contributed by atoms with E-state index in [-0.39, 0.29) is 19.7 Å². The van der Waals surface area contributed by atoms with E-state index in [1.54, 1.807) is 0 Å². The van der Waals surface area contributed by atoms with E-state index >= 15 is 0 Å². The van der Waals surface area contributed by atoms with Crippen LogP contribution < -0.4 is 4.90 Å². The molecule has 0 N–H and O–H groups in total. The lowest BCUT2D eigenvalue weighted by atomic mass is 9.81. The molecular formula is C55H49N. The van der Waals surface area contributed by atoms with Crippen LogP contribution in [0.15, 0.2) is 188 Å². The third-order valence-corrected chi connectivity index (χ3v) is 12.3. The first-order chi connectivity index (χ1) is 26.8. The van der Waals surface area contributed by atoms with Gasteiger partial charge in [0, 0.05) is 29.2 Å². The van der Waals surface area contributed by atoms with Crippen LogP contribution in [-0.4, -0.2) is 0 Å². The average molecular weight is 724 g/mol. The first-order valence-corrected chi connectivity index (χ1v) is 19.4. The quantitative estimate of drug-likeness (QED) is 0.165. The van der Waals surface area contributed by atoms with Gasteiger partial charge in [-0.1, -0.05) is 193 Å². The predicted octanol–water partition coefficient (Wildman–Crippen LogP) is 15.7. The topological polar surface area (TPSA) is 3.24 Å². The van der Waals surface area contributed by atoms with Crippen molar-refractivity contribution in [2.45, 2.75) is 46.0 Å². The summed E-state index contributed by atoms with van der Waals surface area (Å²) in [6, 6.07) is 69.4. The Morgan fingerprint density at radius 3 is 1.48 bits per heavy atom. The molecule has 8 aromatic carbocycles. The van der Waals surface area contributed by atoms with E-state index in [9.17, 15) is 0 Å². The number of anilines is 3. The summed E-state index contributed by atoms with van der Waals surface area (Å²) in [5, 5.41) is 0. The average Bonchev–Trinajstić information content (AvgIpc) is 3.61. The molecule has 2 aliphatic carbocycles. The number of para-hydroxylation sites is 1. The minimum absolute atomic E-state index is 0. The summed E-state index contributed by atoms with van der Waals surface area (Å²) in [7, 11) is 0. The lowest BCUT2D eigenvalue weighted by molar-refractivity contribution is 0.660. The van der Waals surface area contributed by atoms with E-state index in [1.807, 2.05) is 0 Å². The van der Waals surface area contributed by atoms with Crippen LogP contribution in [0, 0.1) is 0 Å². The van der Waals surface area contributed by atoms with Crippen LogP contribution >= 0.6 is 0 Å². The fourth-order valence-corrected chi connectivity index (χ4v) is 9.42. The number of benzene rings is 8. The highest BCUT2D eigenvalue weighted by Crippen LogP contribution is 2.55. The zero-order chi connectivity index (χ0) is 37.3. The Kier molecular flexibility index (Phi) is 8.44. The van der Waals surface area contributed by atoms with Gasteiger partial charge >= 0.3 is 0 Å². The molecule has 0 fully saturated rings. The lowest BCUT2D eigenvalue weighted by Gasteiger charge is -2.31. The molecule has 0 aromatic heterocycles. The molecule has 0 atom stereocenters. The van der Waals surface area contributed by atoms with E-state index in [0.717, 1.165) is 17.1 Å². The highest BCUT2D eigenvalue weighted by Gasteiger charge is 2.39. The third kappa shape index (κ3) is 5.45. The summed E-state index contributed by atoms with van der Waals surface area (Å²) < 4.78 is 0. The van der Waals surface area contributed by atoms with Crippen LogP contribution in [0.5, 0.6) is 0 Å². The second-order valence-electron chi connectivity index (χ2n) is 16.1. The molecule has 274 valence electrons. The Bertz CT molecular complexity index is 2740. The minimum Gasteiger partial charge on any atom is -0.310 e. The van der Waals surface area contributed by atoms with Gasteiger partial charge in [-0.3, -0.25) is 0 Å². The van der Waals surface area contributed by atoms with Crippen molar-refractivity contribution in [1.29, 1.82) is 0 Å². The number of nitrogens with zero attached hydrogens (tertiary/aromatic N) is 1. The third-order valence-electron chi connectivity index (χ3n) is 12.3. The minimum atomic E-state index is -0.188. The number of rotatable bonds is 6. The molecule has 2 aliphatic rings. The van der Waals surface area contributed by atoms with Gasteiger partial charge in [0.15, 0.2) is 0 Å². The molecule has 10 rings (SSSR count). The van der Waals surface area contributed by atoms with Crippen molar-refractivity contribution in [3.8, 4) is 55.6 Å².